The quantitative estimate of drug-likeness (QED) is 0.557. The maximum absolute atomic E-state index is 12.2. The van der Waals surface area contributed by atoms with Crippen molar-refractivity contribution in [3.8, 4) is 0 Å². The first kappa shape index (κ1) is 16.8. The second-order valence-electron chi connectivity index (χ2n) is 4.67. The Morgan fingerprint density at radius 2 is 1.65 bits per heavy atom. The maximum Gasteiger partial charge on any atom is 0.236 e. The molecule has 1 N–H and O–H groups in total. The zero-order valence-electron chi connectivity index (χ0n) is 11.2. The molecular weight excluding hydrogens is 294 g/mol. The van der Waals surface area contributed by atoms with Crippen LogP contribution in [0.1, 0.15) is 13.8 Å². The molecule has 1 aromatic carbocycles. The number of anilines is 1. The Kier molecular flexibility index (Phi) is 6.29. The fraction of sp³-hybridized carbons (Fsp3) is 0.357. The van der Waals surface area contributed by atoms with Gasteiger partial charge in [0.25, 0.3) is 0 Å². The number of thiol groups is 2. The minimum absolute atomic E-state index is 0.333. The normalized spacial score (nSPS) is 13.7. The van der Waals surface area contributed by atoms with Crippen LogP contribution in [-0.2, 0) is 14.4 Å². The molecular formula is C14H17NO3S2. The molecule has 0 spiro atoms. The fourth-order valence-electron chi connectivity index (χ4n) is 1.67. The van der Waals surface area contributed by atoms with Gasteiger partial charge in [0, 0.05) is 11.6 Å². The predicted octanol–water partition coefficient (Wildman–Crippen LogP) is 2.22. The molecule has 0 aliphatic heterocycles. The highest BCUT2D eigenvalue weighted by atomic mass is 32.1. The topological polar surface area (TPSA) is 63.2 Å². The molecule has 1 amide bonds. The van der Waals surface area contributed by atoms with Gasteiger partial charge in [0.15, 0.2) is 5.12 Å². The van der Waals surface area contributed by atoms with Gasteiger partial charge in [-0.1, -0.05) is 32.0 Å². The average molecular weight is 311 g/mol. The summed E-state index contributed by atoms with van der Waals surface area (Å²) >= 11 is 7.72. The van der Waals surface area contributed by atoms with Crippen LogP contribution in [0.3, 0.4) is 0 Å². The molecule has 0 bridgehead atoms. The van der Waals surface area contributed by atoms with Crippen molar-refractivity contribution < 1.29 is 14.4 Å². The number of Topliss-reactive ketones (excluding diaryl/α,β-unsaturated/α-hetero) is 1. The third kappa shape index (κ3) is 4.38. The van der Waals surface area contributed by atoms with Crippen molar-refractivity contribution in [2.24, 2.45) is 11.8 Å². The second-order valence-corrected chi connectivity index (χ2v) is 5.67. The SMILES string of the molecule is CC(C)C(=O)C(C(=O)Nc1ccccc1)C(S)C(=O)S. The van der Waals surface area contributed by atoms with Gasteiger partial charge in [-0.2, -0.15) is 12.6 Å². The standard InChI is InChI=1S/C14H17NO3S2/c1-8(2)11(16)10(12(19)14(18)20)13(17)15-9-6-4-3-5-7-9/h3-8,10,12,19H,1-2H3,(H,15,17)(H,18,20). The Morgan fingerprint density at radius 3 is 2.10 bits per heavy atom. The molecule has 1 rings (SSSR count). The highest BCUT2D eigenvalue weighted by Crippen LogP contribution is 2.21. The van der Waals surface area contributed by atoms with E-state index in [9.17, 15) is 14.4 Å². The smallest absolute Gasteiger partial charge is 0.236 e. The van der Waals surface area contributed by atoms with E-state index in [1.54, 1.807) is 38.1 Å². The van der Waals surface area contributed by atoms with Crippen molar-refractivity contribution in [3.05, 3.63) is 30.3 Å². The van der Waals surface area contributed by atoms with Gasteiger partial charge in [-0.05, 0) is 12.1 Å². The summed E-state index contributed by atoms with van der Waals surface area (Å²) in [6, 6.07) is 8.73. The Labute approximate surface area is 129 Å². The van der Waals surface area contributed by atoms with Crippen LogP contribution < -0.4 is 5.32 Å². The molecule has 0 saturated carbocycles. The molecule has 4 nitrogen and oxygen atoms in total. The van der Waals surface area contributed by atoms with Crippen molar-refractivity contribution in [1.29, 1.82) is 0 Å². The summed E-state index contributed by atoms with van der Waals surface area (Å²) in [5.41, 5.74) is 0.561. The molecule has 0 aromatic heterocycles. The van der Waals surface area contributed by atoms with Crippen LogP contribution in [0.25, 0.3) is 0 Å². The Bertz CT molecular complexity index is 502. The first-order valence-electron chi connectivity index (χ1n) is 6.15. The monoisotopic (exact) mass is 311 g/mol. The van der Waals surface area contributed by atoms with Crippen LogP contribution in [0.4, 0.5) is 5.69 Å². The maximum atomic E-state index is 12.2. The van der Waals surface area contributed by atoms with Gasteiger partial charge in [0.2, 0.25) is 5.91 Å². The van der Waals surface area contributed by atoms with E-state index in [1.165, 1.54) is 0 Å². The molecule has 108 valence electrons. The Balaban J connectivity index is 2.96. The van der Waals surface area contributed by atoms with E-state index >= 15 is 0 Å². The third-order valence-corrected chi connectivity index (χ3v) is 3.78. The first-order valence-corrected chi connectivity index (χ1v) is 7.11. The Morgan fingerprint density at radius 1 is 1.10 bits per heavy atom. The third-order valence-electron chi connectivity index (χ3n) is 2.77. The van der Waals surface area contributed by atoms with Gasteiger partial charge in [0.05, 0.1) is 5.25 Å². The highest BCUT2D eigenvalue weighted by Gasteiger charge is 2.36. The van der Waals surface area contributed by atoms with Crippen molar-refractivity contribution in [2.75, 3.05) is 5.32 Å². The predicted molar refractivity (Wildman–Crippen MR) is 85.2 cm³/mol. The summed E-state index contributed by atoms with van der Waals surface area (Å²) in [5.74, 6) is -2.40. The summed E-state index contributed by atoms with van der Waals surface area (Å²) in [6.07, 6.45) is 0. The van der Waals surface area contributed by atoms with Crippen LogP contribution >= 0.6 is 25.3 Å². The minimum Gasteiger partial charge on any atom is -0.325 e. The number of rotatable bonds is 6. The van der Waals surface area contributed by atoms with Crippen LogP contribution in [0.5, 0.6) is 0 Å². The number of carbonyl (C=O) groups excluding carboxylic acids is 3. The molecule has 0 radical (unpaired) electrons. The number of ketones is 1. The van der Waals surface area contributed by atoms with E-state index in [-0.39, 0.29) is 11.7 Å². The number of hydrogen-bond donors (Lipinski definition) is 3. The summed E-state index contributed by atoms with van der Waals surface area (Å²) in [7, 11) is 0. The van der Waals surface area contributed by atoms with Gasteiger partial charge >= 0.3 is 0 Å². The number of carbonyl (C=O) groups is 3. The van der Waals surface area contributed by atoms with Crippen molar-refractivity contribution in [2.45, 2.75) is 19.1 Å². The molecule has 6 heteroatoms. The van der Waals surface area contributed by atoms with Gasteiger partial charge in [-0.15, -0.1) is 12.6 Å². The van der Waals surface area contributed by atoms with Crippen molar-refractivity contribution >= 4 is 47.8 Å². The van der Waals surface area contributed by atoms with E-state index in [0.29, 0.717) is 5.69 Å². The average Bonchev–Trinajstić information content (AvgIpc) is 2.39. The molecule has 2 unspecified atom stereocenters. The van der Waals surface area contributed by atoms with Crippen LogP contribution in [-0.4, -0.2) is 22.1 Å². The van der Waals surface area contributed by atoms with E-state index in [1.807, 2.05) is 6.07 Å². The fourth-order valence-corrected chi connectivity index (χ4v) is 2.10. The number of para-hydroxylation sites is 1. The molecule has 0 aliphatic rings. The molecule has 2 atom stereocenters. The molecule has 0 fully saturated rings. The first-order chi connectivity index (χ1) is 9.34. The van der Waals surface area contributed by atoms with Crippen LogP contribution in [0.15, 0.2) is 30.3 Å². The lowest BCUT2D eigenvalue weighted by Crippen LogP contribution is -2.40. The molecule has 0 saturated heterocycles. The van der Waals surface area contributed by atoms with E-state index in [0.717, 1.165) is 0 Å². The van der Waals surface area contributed by atoms with E-state index in [2.05, 4.69) is 30.6 Å². The molecule has 0 heterocycles. The Hall–Kier alpha value is -1.27. The van der Waals surface area contributed by atoms with Gasteiger partial charge in [-0.25, -0.2) is 0 Å². The van der Waals surface area contributed by atoms with Crippen LogP contribution in [0.2, 0.25) is 0 Å². The number of hydrogen-bond acceptors (Lipinski definition) is 4. The summed E-state index contributed by atoms with van der Waals surface area (Å²) < 4.78 is 0. The summed E-state index contributed by atoms with van der Waals surface area (Å²) in [4.78, 5) is 35.7. The zero-order valence-corrected chi connectivity index (χ0v) is 13.0. The van der Waals surface area contributed by atoms with Crippen LogP contribution in [0, 0.1) is 11.8 Å². The zero-order chi connectivity index (χ0) is 15.3. The second kappa shape index (κ2) is 7.50. The number of benzene rings is 1. The van der Waals surface area contributed by atoms with Crippen molar-refractivity contribution in [3.63, 3.8) is 0 Å². The lowest BCUT2D eigenvalue weighted by molar-refractivity contribution is -0.134. The minimum atomic E-state index is -1.15. The molecule has 0 aliphatic carbocycles. The summed E-state index contributed by atoms with van der Waals surface area (Å²) in [6.45, 7) is 3.35. The van der Waals surface area contributed by atoms with Gasteiger partial charge in [-0.3, -0.25) is 14.4 Å². The largest absolute Gasteiger partial charge is 0.325 e. The lowest BCUT2D eigenvalue weighted by Gasteiger charge is -2.21. The summed E-state index contributed by atoms with van der Waals surface area (Å²) in [5, 5.41) is 0.959. The molecule has 20 heavy (non-hydrogen) atoms. The number of amides is 1. The molecule has 1 aromatic rings. The lowest BCUT2D eigenvalue weighted by atomic mass is 9.91. The van der Waals surface area contributed by atoms with Crippen molar-refractivity contribution in [1.82, 2.24) is 0 Å². The number of nitrogens with one attached hydrogen (secondary N) is 1. The highest BCUT2D eigenvalue weighted by molar-refractivity contribution is 7.99. The van der Waals surface area contributed by atoms with E-state index < -0.39 is 22.2 Å². The van der Waals surface area contributed by atoms with Gasteiger partial charge in [0.1, 0.15) is 11.7 Å². The van der Waals surface area contributed by atoms with E-state index in [4.69, 9.17) is 0 Å². The van der Waals surface area contributed by atoms with Gasteiger partial charge < -0.3 is 5.32 Å².